The molecule has 2 saturated carbocycles. The minimum absolute atomic E-state index is 0.427. The van der Waals surface area contributed by atoms with Gasteiger partial charge in [0.15, 0.2) is 0 Å². The summed E-state index contributed by atoms with van der Waals surface area (Å²) in [6.45, 7) is 9.16. The molecule has 0 aromatic rings. The third-order valence-electron chi connectivity index (χ3n) is 5.01. The van der Waals surface area contributed by atoms with Gasteiger partial charge >= 0.3 is 0 Å². The molecule has 2 fully saturated rings. The maximum absolute atomic E-state index is 5.98. The molecule has 0 amide bonds. The minimum Gasteiger partial charge on any atom is -0.381 e. The molecular formula is C16H29BrO. The standard InChI is InChI=1S/C16H29BrO/c1-15(2,3)14-6-8-16(11-17,9-7-14)12-18-10-13-4-5-13/h13-14H,4-12H2,1-3H3. The molecule has 2 aliphatic carbocycles. The molecule has 2 rings (SSSR count). The molecule has 2 aliphatic rings. The van der Waals surface area contributed by atoms with Gasteiger partial charge < -0.3 is 4.74 Å². The van der Waals surface area contributed by atoms with Crippen molar-refractivity contribution in [2.24, 2.45) is 22.7 Å². The van der Waals surface area contributed by atoms with E-state index in [4.69, 9.17) is 4.74 Å². The van der Waals surface area contributed by atoms with Gasteiger partial charge in [-0.25, -0.2) is 0 Å². The van der Waals surface area contributed by atoms with Gasteiger partial charge in [-0.15, -0.1) is 0 Å². The van der Waals surface area contributed by atoms with E-state index >= 15 is 0 Å². The minimum atomic E-state index is 0.427. The fraction of sp³-hybridized carbons (Fsp3) is 1.00. The average Bonchev–Trinajstić information content (AvgIpc) is 3.12. The number of alkyl halides is 1. The van der Waals surface area contributed by atoms with E-state index in [1.807, 2.05) is 0 Å². The van der Waals surface area contributed by atoms with Crippen LogP contribution in [0.15, 0.2) is 0 Å². The topological polar surface area (TPSA) is 9.23 Å². The van der Waals surface area contributed by atoms with E-state index in [-0.39, 0.29) is 0 Å². The van der Waals surface area contributed by atoms with Crippen molar-refractivity contribution in [1.29, 1.82) is 0 Å². The van der Waals surface area contributed by atoms with Gasteiger partial charge in [-0.2, -0.15) is 0 Å². The van der Waals surface area contributed by atoms with E-state index in [0.717, 1.165) is 30.4 Å². The average molecular weight is 317 g/mol. The molecule has 0 unspecified atom stereocenters. The van der Waals surface area contributed by atoms with E-state index in [2.05, 4.69) is 36.7 Å². The van der Waals surface area contributed by atoms with Gasteiger partial charge in [0.25, 0.3) is 0 Å². The van der Waals surface area contributed by atoms with Crippen LogP contribution in [0.5, 0.6) is 0 Å². The van der Waals surface area contributed by atoms with Crippen LogP contribution in [-0.2, 0) is 4.74 Å². The van der Waals surface area contributed by atoms with E-state index in [1.54, 1.807) is 0 Å². The normalized spacial score (nSPS) is 33.7. The van der Waals surface area contributed by atoms with Crippen LogP contribution in [0.3, 0.4) is 0 Å². The predicted octanol–water partition coefficient (Wildman–Crippen LogP) is 5.03. The molecule has 0 radical (unpaired) electrons. The summed E-state index contributed by atoms with van der Waals surface area (Å²) in [4.78, 5) is 0. The highest BCUT2D eigenvalue weighted by molar-refractivity contribution is 9.09. The van der Waals surface area contributed by atoms with Gasteiger partial charge in [0, 0.05) is 17.4 Å². The zero-order chi connectivity index (χ0) is 13.2. The highest BCUT2D eigenvalue weighted by Crippen LogP contribution is 2.46. The monoisotopic (exact) mass is 316 g/mol. The van der Waals surface area contributed by atoms with Gasteiger partial charge in [-0.05, 0) is 55.8 Å². The Kier molecular flexibility index (Phi) is 4.80. The van der Waals surface area contributed by atoms with Crippen molar-refractivity contribution < 1.29 is 4.74 Å². The quantitative estimate of drug-likeness (QED) is 0.646. The molecule has 18 heavy (non-hydrogen) atoms. The van der Waals surface area contributed by atoms with E-state index in [0.29, 0.717) is 10.8 Å². The number of halogens is 1. The molecule has 0 N–H and O–H groups in total. The summed E-state index contributed by atoms with van der Waals surface area (Å²) in [7, 11) is 0. The summed E-state index contributed by atoms with van der Waals surface area (Å²) in [5, 5.41) is 1.11. The molecule has 0 heterocycles. The first-order valence-electron chi connectivity index (χ1n) is 7.59. The van der Waals surface area contributed by atoms with Crippen molar-refractivity contribution in [2.75, 3.05) is 18.5 Å². The molecule has 0 aliphatic heterocycles. The van der Waals surface area contributed by atoms with Crippen molar-refractivity contribution >= 4 is 15.9 Å². The first kappa shape index (κ1) is 14.8. The lowest BCUT2D eigenvalue weighted by molar-refractivity contribution is 0.00736. The largest absolute Gasteiger partial charge is 0.381 e. The summed E-state index contributed by atoms with van der Waals surface area (Å²) in [6.07, 6.45) is 8.22. The SMILES string of the molecule is CC(C)(C)C1CCC(CBr)(COCC2CC2)CC1. The lowest BCUT2D eigenvalue weighted by Crippen LogP contribution is -2.37. The van der Waals surface area contributed by atoms with Crippen molar-refractivity contribution in [3.8, 4) is 0 Å². The zero-order valence-corrected chi connectivity index (χ0v) is 13.9. The number of ether oxygens (including phenoxy) is 1. The molecule has 0 aromatic carbocycles. The van der Waals surface area contributed by atoms with Gasteiger partial charge in [-0.3, -0.25) is 0 Å². The molecular weight excluding hydrogens is 288 g/mol. The van der Waals surface area contributed by atoms with Crippen molar-refractivity contribution in [3.05, 3.63) is 0 Å². The smallest absolute Gasteiger partial charge is 0.0530 e. The van der Waals surface area contributed by atoms with Crippen LogP contribution in [0, 0.1) is 22.7 Å². The second-order valence-corrected chi connectivity index (χ2v) is 8.29. The lowest BCUT2D eigenvalue weighted by atomic mass is 9.65. The first-order chi connectivity index (χ1) is 8.45. The first-order valence-corrected chi connectivity index (χ1v) is 8.71. The Balaban J connectivity index is 1.78. The van der Waals surface area contributed by atoms with Gasteiger partial charge in [0.2, 0.25) is 0 Å². The van der Waals surface area contributed by atoms with E-state index < -0.39 is 0 Å². The summed E-state index contributed by atoms with van der Waals surface area (Å²) < 4.78 is 5.98. The van der Waals surface area contributed by atoms with Crippen LogP contribution in [-0.4, -0.2) is 18.5 Å². The fourth-order valence-corrected chi connectivity index (χ4v) is 3.86. The van der Waals surface area contributed by atoms with Crippen molar-refractivity contribution in [1.82, 2.24) is 0 Å². The number of hydrogen-bond donors (Lipinski definition) is 0. The van der Waals surface area contributed by atoms with Gasteiger partial charge in [0.1, 0.15) is 0 Å². The van der Waals surface area contributed by atoms with Crippen LogP contribution in [0.1, 0.15) is 59.3 Å². The number of hydrogen-bond acceptors (Lipinski definition) is 1. The second kappa shape index (κ2) is 5.83. The Morgan fingerprint density at radius 2 is 1.72 bits per heavy atom. The highest BCUT2D eigenvalue weighted by Gasteiger charge is 2.38. The molecule has 0 bridgehead atoms. The third-order valence-corrected chi connectivity index (χ3v) is 6.20. The third kappa shape index (κ3) is 3.96. The lowest BCUT2D eigenvalue weighted by Gasteiger charge is -2.43. The molecule has 0 saturated heterocycles. The summed E-state index contributed by atoms with van der Waals surface area (Å²) in [5.41, 5.74) is 0.907. The number of rotatable bonds is 5. The van der Waals surface area contributed by atoms with Gasteiger partial charge in [0.05, 0.1) is 6.61 Å². The molecule has 106 valence electrons. The summed E-state index contributed by atoms with van der Waals surface area (Å²) in [6, 6.07) is 0. The Bertz CT molecular complexity index is 257. The maximum Gasteiger partial charge on any atom is 0.0530 e. The van der Waals surface area contributed by atoms with Crippen LogP contribution in [0.25, 0.3) is 0 Å². The summed E-state index contributed by atoms with van der Waals surface area (Å²) in [5.74, 6) is 1.79. The van der Waals surface area contributed by atoms with E-state index in [9.17, 15) is 0 Å². The maximum atomic E-state index is 5.98. The zero-order valence-electron chi connectivity index (χ0n) is 12.3. The van der Waals surface area contributed by atoms with Crippen LogP contribution < -0.4 is 0 Å². The van der Waals surface area contributed by atoms with Crippen molar-refractivity contribution in [3.63, 3.8) is 0 Å². The molecule has 2 heteroatoms. The molecule has 1 nitrogen and oxygen atoms in total. The van der Waals surface area contributed by atoms with Gasteiger partial charge in [-0.1, -0.05) is 36.7 Å². The Labute approximate surface area is 121 Å². The van der Waals surface area contributed by atoms with Crippen molar-refractivity contribution in [2.45, 2.75) is 59.3 Å². The summed E-state index contributed by atoms with van der Waals surface area (Å²) >= 11 is 3.74. The molecule has 0 aromatic heterocycles. The molecule has 0 atom stereocenters. The Hall–Kier alpha value is 0.440. The highest BCUT2D eigenvalue weighted by atomic mass is 79.9. The second-order valence-electron chi connectivity index (χ2n) is 7.73. The van der Waals surface area contributed by atoms with E-state index in [1.165, 1.54) is 38.5 Å². The van der Waals surface area contributed by atoms with Crippen LogP contribution >= 0.6 is 15.9 Å². The fourth-order valence-electron chi connectivity index (χ4n) is 3.14. The predicted molar refractivity (Wildman–Crippen MR) is 81.2 cm³/mol. The molecule has 0 spiro atoms. The van der Waals surface area contributed by atoms with Crippen LogP contribution in [0.4, 0.5) is 0 Å². The Morgan fingerprint density at radius 1 is 1.11 bits per heavy atom. The van der Waals surface area contributed by atoms with Crippen LogP contribution in [0.2, 0.25) is 0 Å². The Morgan fingerprint density at radius 3 is 2.17 bits per heavy atom.